The predicted molar refractivity (Wildman–Crippen MR) is 99.8 cm³/mol. The number of amides is 1. The van der Waals surface area contributed by atoms with Crippen molar-refractivity contribution in [2.24, 2.45) is 4.99 Å². The van der Waals surface area contributed by atoms with Gasteiger partial charge >= 0.3 is 0 Å². The van der Waals surface area contributed by atoms with Gasteiger partial charge in [-0.25, -0.2) is 0 Å². The molecule has 0 aromatic heterocycles. The highest BCUT2D eigenvalue weighted by molar-refractivity contribution is 14.0. The number of piperidine rings is 1. The van der Waals surface area contributed by atoms with Gasteiger partial charge in [0.15, 0.2) is 5.96 Å². The molecule has 1 aromatic carbocycles. The van der Waals surface area contributed by atoms with Gasteiger partial charge in [0.05, 0.1) is 0 Å². The topological polar surface area (TPSA) is 56.7 Å². The SMILES string of the molecule is I.O=C1CCCCN1c1ccc(CNC2=NCCCN2)cc1. The molecule has 2 aliphatic heterocycles. The van der Waals surface area contributed by atoms with Crippen molar-refractivity contribution in [2.75, 3.05) is 24.5 Å². The molecule has 1 amide bonds. The highest BCUT2D eigenvalue weighted by Crippen LogP contribution is 2.21. The zero-order valence-electron chi connectivity index (χ0n) is 12.7. The zero-order chi connectivity index (χ0) is 14.5. The normalized spacial score (nSPS) is 18.1. The highest BCUT2D eigenvalue weighted by Gasteiger charge is 2.19. The molecule has 0 radical (unpaired) electrons. The molecule has 2 heterocycles. The van der Waals surface area contributed by atoms with E-state index in [1.54, 1.807) is 0 Å². The van der Waals surface area contributed by atoms with E-state index in [1.165, 1.54) is 5.56 Å². The van der Waals surface area contributed by atoms with Gasteiger partial charge < -0.3 is 15.5 Å². The average molecular weight is 414 g/mol. The lowest BCUT2D eigenvalue weighted by Gasteiger charge is -2.27. The van der Waals surface area contributed by atoms with E-state index in [0.717, 1.165) is 57.1 Å². The Balaban J connectivity index is 0.00000176. The first-order chi connectivity index (χ1) is 10.3. The smallest absolute Gasteiger partial charge is 0.226 e. The van der Waals surface area contributed by atoms with Crippen LogP contribution in [-0.4, -0.2) is 31.5 Å². The van der Waals surface area contributed by atoms with Gasteiger partial charge in [0, 0.05) is 38.3 Å². The van der Waals surface area contributed by atoms with Crippen LogP contribution in [0.15, 0.2) is 29.3 Å². The fourth-order valence-corrected chi connectivity index (χ4v) is 2.71. The minimum absolute atomic E-state index is 0. The number of rotatable bonds is 3. The van der Waals surface area contributed by atoms with Crippen molar-refractivity contribution in [2.45, 2.75) is 32.2 Å². The first-order valence-corrected chi connectivity index (χ1v) is 7.74. The number of guanidine groups is 1. The van der Waals surface area contributed by atoms with Gasteiger partial charge in [-0.15, -0.1) is 24.0 Å². The summed E-state index contributed by atoms with van der Waals surface area (Å²) in [5, 5.41) is 6.55. The summed E-state index contributed by atoms with van der Waals surface area (Å²) >= 11 is 0. The number of carbonyl (C=O) groups is 1. The lowest BCUT2D eigenvalue weighted by atomic mass is 10.1. The van der Waals surface area contributed by atoms with Gasteiger partial charge in [0.2, 0.25) is 5.91 Å². The third kappa shape index (κ3) is 4.34. The summed E-state index contributed by atoms with van der Waals surface area (Å²) in [5.41, 5.74) is 2.20. The van der Waals surface area contributed by atoms with Gasteiger partial charge in [0.1, 0.15) is 0 Å². The molecule has 0 spiro atoms. The molecule has 2 aliphatic rings. The molecule has 3 rings (SSSR count). The average Bonchev–Trinajstić information content (AvgIpc) is 2.55. The van der Waals surface area contributed by atoms with Crippen LogP contribution in [0.2, 0.25) is 0 Å². The molecule has 1 aromatic rings. The summed E-state index contributed by atoms with van der Waals surface area (Å²) in [6.45, 7) is 3.48. The molecular formula is C16H23IN4O. The molecule has 22 heavy (non-hydrogen) atoms. The number of carbonyl (C=O) groups excluding carboxylic acids is 1. The van der Waals surface area contributed by atoms with Crippen LogP contribution in [0.5, 0.6) is 0 Å². The molecule has 5 nitrogen and oxygen atoms in total. The van der Waals surface area contributed by atoms with E-state index in [9.17, 15) is 4.79 Å². The van der Waals surface area contributed by atoms with Crippen LogP contribution in [0.1, 0.15) is 31.2 Å². The largest absolute Gasteiger partial charge is 0.356 e. The van der Waals surface area contributed by atoms with Crippen molar-refractivity contribution in [3.8, 4) is 0 Å². The Bertz CT molecular complexity index is 529. The van der Waals surface area contributed by atoms with Crippen LogP contribution in [0, 0.1) is 0 Å². The molecular weight excluding hydrogens is 391 g/mol. The number of aliphatic imine (C=N–C) groups is 1. The highest BCUT2D eigenvalue weighted by atomic mass is 127. The first kappa shape index (κ1) is 17.1. The maximum atomic E-state index is 11.9. The van der Waals surface area contributed by atoms with E-state index in [1.807, 2.05) is 17.0 Å². The first-order valence-electron chi connectivity index (χ1n) is 7.74. The van der Waals surface area contributed by atoms with Crippen LogP contribution < -0.4 is 15.5 Å². The van der Waals surface area contributed by atoms with E-state index in [-0.39, 0.29) is 29.9 Å². The Labute approximate surface area is 148 Å². The van der Waals surface area contributed by atoms with Crippen LogP contribution in [0.3, 0.4) is 0 Å². The van der Waals surface area contributed by atoms with E-state index < -0.39 is 0 Å². The summed E-state index contributed by atoms with van der Waals surface area (Å²) in [7, 11) is 0. The van der Waals surface area contributed by atoms with Crippen LogP contribution >= 0.6 is 24.0 Å². The molecule has 0 aliphatic carbocycles. The minimum Gasteiger partial charge on any atom is -0.356 e. The number of nitrogens with zero attached hydrogens (tertiary/aromatic N) is 2. The van der Waals surface area contributed by atoms with Crippen molar-refractivity contribution >= 4 is 41.5 Å². The van der Waals surface area contributed by atoms with Gasteiger partial charge in [0.25, 0.3) is 0 Å². The van der Waals surface area contributed by atoms with Crippen LogP contribution in [-0.2, 0) is 11.3 Å². The maximum absolute atomic E-state index is 11.9. The van der Waals surface area contributed by atoms with E-state index in [0.29, 0.717) is 6.42 Å². The number of nitrogens with one attached hydrogen (secondary N) is 2. The fraction of sp³-hybridized carbons (Fsp3) is 0.500. The van der Waals surface area contributed by atoms with Gasteiger partial charge in [-0.2, -0.15) is 0 Å². The van der Waals surface area contributed by atoms with Crippen LogP contribution in [0.25, 0.3) is 0 Å². The second kappa shape index (κ2) is 8.36. The third-order valence-corrected chi connectivity index (χ3v) is 3.93. The molecule has 1 saturated heterocycles. The Hall–Kier alpha value is -1.31. The second-order valence-corrected chi connectivity index (χ2v) is 5.53. The van der Waals surface area contributed by atoms with Crippen molar-refractivity contribution in [3.63, 3.8) is 0 Å². The molecule has 120 valence electrons. The van der Waals surface area contributed by atoms with Crippen molar-refractivity contribution in [1.82, 2.24) is 10.6 Å². The van der Waals surface area contributed by atoms with E-state index >= 15 is 0 Å². The van der Waals surface area contributed by atoms with Crippen molar-refractivity contribution < 1.29 is 4.79 Å². The molecule has 6 heteroatoms. The molecule has 0 atom stereocenters. The predicted octanol–water partition coefficient (Wildman–Crippen LogP) is 2.26. The van der Waals surface area contributed by atoms with Gasteiger partial charge in [-0.1, -0.05) is 12.1 Å². The number of hydrogen-bond donors (Lipinski definition) is 2. The minimum atomic E-state index is 0. The molecule has 0 saturated carbocycles. The summed E-state index contributed by atoms with van der Waals surface area (Å²) < 4.78 is 0. The second-order valence-electron chi connectivity index (χ2n) is 5.53. The quantitative estimate of drug-likeness (QED) is 0.747. The summed E-state index contributed by atoms with van der Waals surface area (Å²) in [5.74, 6) is 1.13. The lowest BCUT2D eigenvalue weighted by Crippen LogP contribution is -2.40. The van der Waals surface area contributed by atoms with E-state index in [2.05, 4.69) is 27.8 Å². The Morgan fingerprint density at radius 2 is 2.00 bits per heavy atom. The van der Waals surface area contributed by atoms with Crippen LogP contribution in [0.4, 0.5) is 5.69 Å². The fourth-order valence-electron chi connectivity index (χ4n) is 2.71. The summed E-state index contributed by atoms with van der Waals surface area (Å²) in [4.78, 5) is 18.2. The number of benzene rings is 1. The third-order valence-electron chi connectivity index (χ3n) is 3.93. The Morgan fingerprint density at radius 3 is 2.68 bits per heavy atom. The Kier molecular flexibility index (Phi) is 6.48. The van der Waals surface area contributed by atoms with Gasteiger partial charge in [-0.05, 0) is 37.0 Å². The lowest BCUT2D eigenvalue weighted by molar-refractivity contribution is -0.119. The van der Waals surface area contributed by atoms with E-state index in [4.69, 9.17) is 0 Å². The summed E-state index contributed by atoms with van der Waals surface area (Å²) in [6.07, 6.45) is 3.89. The zero-order valence-corrected chi connectivity index (χ0v) is 15.0. The van der Waals surface area contributed by atoms with Crippen molar-refractivity contribution in [1.29, 1.82) is 0 Å². The molecule has 0 unspecified atom stereocenters. The standard InChI is InChI=1S/C16H22N4O.HI/c21-15-4-1-2-11-20(15)14-7-5-13(6-8-14)12-19-16-17-9-3-10-18-16;/h5-8H,1-4,9-12H2,(H2,17,18,19);1H. The molecule has 2 N–H and O–H groups in total. The monoisotopic (exact) mass is 414 g/mol. The summed E-state index contributed by atoms with van der Waals surface area (Å²) in [6, 6.07) is 8.23. The molecule has 1 fully saturated rings. The maximum Gasteiger partial charge on any atom is 0.226 e. The van der Waals surface area contributed by atoms with Gasteiger partial charge in [-0.3, -0.25) is 9.79 Å². The molecule has 0 bridgehead atoms. The number of anilines is 1. The number of hydrogen-bond acceptors (Lipinski definition) is 4. The number of halogens is 1. The van der Waals surface area contributed by atoms with Crippen molar-refractivity contribution in [3.05, 3.63) is 29.8 Å². The Morgan fingerprint density at radius 1 is 1.18 bits per heavy atom.